The monoisotopic (exact) mass is 310 g/mol. The molecule has 0 unspecified atom stereocenters. The van der Waals surface area contributed by atoms with E-state index in [0.717, 1.165) is 0 Å². The molecule has 1 amide bonds. The number of ether oxygens (including phenoxy) is 1. The fourth-order valence-electron chi connectivity index (χ4n) is 1.64. The SMILES string of the molecule is COc1ccc(/C=C2/SC(=S)N(C)C2=O)cc1[N+](=O)[O-]. The van der Waals surface area contributed by atoms with Crippen molar-refractivity contribution in [3.63, 3.8) is 0 Å². The lowest BCUT2D eigenvalue weighted by Crippen LogP contribution is -2.22. The van der Waals surface area contributed by atoms with E-state index in [9.17, 15) is 14.9 Å². The van der Waals surface area contributed by atoms with E-state index in [4.69, 9.17) is 17.0 Å². The molecule has 0 aliphatic carbocycles. The number of methoxy groups -OCH3 is 1. The predicted molar refractivity (Wildman–Crippen MR) is 80.6 cm³/mol. The second kappa shape index (κ2) is 5.59. The van der Waals surface area contributed by atoms with E-state index < -0.39 is 4.92 Å². The summed E-state index contributed by atoms with van der Waals surface area (Å²) in [5.74, 6) is -0.0336. The van der Waals surface area contributed by atoms with E-state index in [0.29, 0.717) is 14.8 Å². The van der Waals surface area contributed by atoms with Crippen LogP contribution in [0.2, 0.25) is 0 Å². The average molecular weight is 310 g/mol. The van der Waals surface area contributed by atoms with Gasteiger partial charge in [-0.1, -0.05) is 30.0 Å². The molecule has 0 radical (unpaired) electrons. The molecule has 0 atom stereocenters. The van der Waals surface area contributed by atoms with Gasteiger partial charge in [-0.2, -0.15) is 0 Å². The van der Waals surface area contributed by atoms with E-state index >= 15 is 0 Å². The molecule has 1 aliphatic heterocycles. The van der Waals surface area contributed by atoms with E-state index in [1.807, 2.05) is 0 Å². The Morgan fingerprint density at radius 2 is 2.20 bits per heavy atom. The smallest absolute Gasteiger partial charge is 0.311 e. The van der Waals surface area contributed by atoms with Gasteiger partial charge in [-0.3, -0.25) is 19.8 Å². The zero-order valence-electron chi connectivity index (χ0n) is 10.7. The molecule has 0 aromatic heterocycles. The Hall–Kier alpha value is -1.93. The molecule has 1 aliphatic rings. The van der Waals surface area contributed by atoms with Gasteiger partial charge in [0.15, 0.2) is 5.75 Å². The summed E-state index contributed by atoms with van der Waals surface area (Å²) >= 11 is 6.19. The number of thiocarbonyl (C=S) groups is 1. The third-order valence-corrected chi connectivity index (χ3v) is 4.17. The summed E-state index contributed by atoms with van der Waals surface area (Å²) in [5, 5.41) is 10.9. The summed E-state index contributed by atoms with van der Waals surface area (Å²) in [6, 6.07) is 4.51. The van der Waals surface area contributed by atoms with Crippen LogP contribution < -0.4 is 4.74 Å². The Labute approximate surface area is 124 Å². The first-order valence-corrected chi connectivity index (χ1v) is 6.70. The molecule has 0 saturated carbocycles. The van der Waals surface area contributed by atoms with Gasteiger partial charge in [0.05, 0.1) is 16.9 Å². The van der Waals surface area contributed by atoms with Gasteiger partial charge >= 0.3 is 5.69 Å². The molecule has 8 heteroatoms. The van der Waals surface area contributed by atoms with Crippen LogP contribution in [0.4, 0.5) is 5.69 Å². The molecule has 0 spiro atoms. The molecule has 20 heavy (non-hydrogen) atoms. The second-order valence-corrected chi connectivity index (χ2v) is 5.60. The van der Waals surface area contributed by atoms with Crippen LogP contribution >= 0.6 is 24.0 Å². The van der Waals surface area contributed by atoms with Crippen molar-refractivity contribution in [2.24, 2.45) is 0 Å². The molecule has 1 heterocycles. The normalized spacial score (nSPS) is 16.9. The summed E-state index contributed by atoms with van der Waals surface area (Å²) in [6.07, 6.45) is 1.58. The molecular formula is C12H10N2O4S2. The van der Waals surface area contributed by atoms with Crippen molar-refractivity contribution in [3.8, 4) is 5.75 Å². The van der Waals surface area contributed by atoms with Crippen molar-refractivity contribution in [1.29, 1.82) is 0 Å². The predicted octanol–water partition coefficient (Wildman–Crippen LogP) is 2.43. The minimum absolute atomic E-state index is 0.145. The molecule has 6 nitrogen and oxygen atoms in total. The van der Waals surface area contributed by atoms with Crippen molar-refractivity contribution in [1.82, 2.24) is 4.90 Å². The van der Waals surface area contributed by atoms with Gasteiger partial charge in [-0.25, -0.2) is 0 Å². The van der Waals surface area contributed by atoms with E-state index in [2.05, 4.69) is 0 Å². The number of rotatable bonds is 3. The maximum Gasteiger partial charge on any atom is 0.311 e. The van der Waals surface area contributed by atoms with Crippen LogP contribution in [0.3, 0.4) is 0 Å². The number of benzene rings is 1. The molecule has 0 N–H and O–H groups in total. The van der Waals surface area contributed by atoms with Crippen LogP contribution in [-0.4, -0.2) is 34.2 Å². The lowest BCUT2D eigenvalue weighted by molar-refractivity contribution is -0.385. The number of hydrogen-bond donors (Lipinski definition) is 0. The Balaban J connectivity index is 2.40. The lowest BCUT2D eigenvalue weighted by atomic mass is 10.1. The third kappa shape index (κ3) is 2.66. The highest BCUT2D eigenvalue weighted by Gasteiger charge is 2.28. The molecule has 1 aromatic carbocycles. The van der Waals surface area contributed by atoms with Gasteiger partial charge in [-0.05, 0) is 17.7 Å². The molecule has 2 rings (SSSR count). The standard InChI is InChI=1S/C12H10N2O4S2/c1-13-11(15)10(20-12(13)19)6-7-3-4-9(18-2)8(5-7)14(16)17/h3-6H,1-2H3/b10-6+. The van der Waals surface area contributed by atoms with E-state index in [1.165, 1.54) is 35.9 Å². The van der Waals surface area contributed by atoms with Gasteiger partial charge < -0.3 is 4.74 Å². The number of nitro groups is 1. The second-order valence-electron chi connectivity index (χ2n) is 3.93. The summed E-state index contributed by atoms with van der Waals surface area (Å²) in [4.78, 5) is 24.1. The number of hydrogen-bond acceptors (Lipinski definition) is 6. The number of carbonyl (C=O) groups is 1. The minimum Gasteiger partial charge on any atom is -0.490 e. The Morgan fingerprint density at radius 1 is 1.50 bits per heavy atom. The van der Waals surface area contributed by atoms with Gasteiger partial charge in [0, 0.05) is 13.1 Å². The van der Waals surface area contributed by atoms with Crippen molar-refractivity contribution in [2.45, 2.75) is 0 Å². The van der Waals surface area contributed by atoms with Crippen LogP contribution in [0.5, 0.6) is 5.75 Å². The number of amides is 1. The summed E-state index contributed by atoms with van der Waals surface area (Å²) in [6.45, 7) is 0. The van der Waals surface area contributed by atoms with E-state index in [1.54, 1.807) is 19.2 Å². The summed E-state index contributed by atoms with van der Waals surface area (Å²) in [5.41, 5.74) is 0.402. The highest BCUT2D eigenvalue weighted by molar-refractivity contribution is 8.26. The molecule has 1 saturated heterocycles. The molecule has 104 valence electrons. The highest BCUT2D eigenvalue weighted by atomic mass is 32.2. The fraction of sp³-hybridized carbons (Fsp3) is 0.167. The maximum absolute atomic E-state index is 11.9. The van der Waals surface area contributed by atoms with Crippen LogP contribution in [0.25, 0.3) is 6.08 Å². The summed E-state index contributed by atoms with van der Waals surface area (Å²) < 4.78 is 5.39. The van der Waals surface area contributed by atoms with Crippen LogP contribution in [0.1, 0.15) is 5.56 Å². The zero-order valence-corrected chi connectivity index (χ0v) is 12.3. The number of nitro benzene ring substituents is 1. The van der Waals surface area contributed by atoms with Gasteiger partial charge in [-0.15, -0.1) is 0 Å². The maximum atomic E-state index is 11.9. The number of thioether (sulfide) groups is 1. The first-order chi connectivity index (χ1) is 9.43. The van der Waals surface area contributed by atoms with Gasteiger partial charge in [0.1, 0.15) is 4.32 Å². The van der Waals surface area contributed by atoms with Crippen molar-refractivity contribution < 1.29 is 14.5 Å². The fourth-order valence-corrected chi connectivity index (χ4v) is 2.82. The van der Waals surface area contributed by atoms with Gasteiger partial charge in [0.2, 0.25) is 0 Å². The molecular weight excluding hydrogens is 300 g/mol. The lowest BCUT2D eigenvalue weighted by Gasteiger charge is -2.04. The zero-order chi connectivity index (χ0) is 14.9. The van der Waals surface area contributed by atoms with Crippen LogP contribution in [0, 0.1) is 10.1 Å². The van der Waals surface area contributed by atoms with Crippen LogP contribution in [-0.2, 0) is 4.79 Å². The van der Waals surface area contributed by atoms with Gasteiger partial charge in [0.25, 0.3) is 5.91 Å². The first kappa shape index (κ1) is 14.5. The van der Waals surface area contributed by atoms with Crippen LogP contribution in [0.15, 0.2) is 23.1 Å². The topological polar surface area (TPSA) is 72.7 Å². The van der Waals surface area contributed by atoms with Crippen molar-refractivity contribution >= 4 is 46.0 Å². The Morgan fingerprint density at radius 3 is 2.70 bits per heavy atom. The third-order valence-electron chi connectivity index (χ3n) is 2.68. The number of nitrogens with zero attached hydrogens (tertiary/aromatic N) is 2. The van der Waals surface area contributed by atoms with E-state index in [-0.39, 0.29) is 17.3 Å². The Kier molecular flexibility index (Phi) is 4.05. The molecule has 0 bridgehead atoms. The minimum atomic E-state index is -0.527. The number of likely N-dealkylation sites (N-methyl/N-ethyl adjacent to an activating group) is 1. The number of carbonyl (C=O) groups excluding carboxylic acids is 1. The largest absolute Gasteiger partial charge is 0.490 e. The highest BCUT2D eigenvalue weighted by Crippen LogP contribution is 2.33. The Bertz CT molecular complexity index is 642. The molecule has 1 fully saturated rings. The molecule has 1 aromatic rings. The first-order valence-electron chi connectivity index (χ1n) is 5.48. The van der Waals surface area contributed by atoms with Crippen molar-refractivity contribution in [2.75, 3.05) is 14.2 Å². The summed E-state index contributed by atoms with van der Waals surface area (Å²) in [7, 11) is 2.96. The quantitative estimate of drug-likeness (QED) is 0.369. The average Bonchev–Trinajstić information content (AvgIpc) is 2.66. The van der Waals surface area contributed by atoms with Crippen molar-refractivity contribution in [3.05, 3.63) is 38.8 Å².